The van der Waals surface area contributed by atoms with Crippen LogP contribution in [-0.2, 0) is 6.54 Å². The Labute approximate surface area is 164 Å². The zero-order chi connectivity index (χ0) is 20.3. The number of nitrogens with one attached hydrogen (secondary N) is 1. The standard InChI is InChI=1S/C22H25NO5/c1-5-23(6-2)13-17-18(24)10-9-16-21(25)20(28-22(16)17)11-14-7-8-15(26-3)12-19(14)27-4/h7-12,24H,5-6,13H2,1-4H3/p+1/b20-11-. The molecule has 0 saturated carbocycles. The largest absolute Gasteiger partial charge is 0.507 e. The molecule has 148 valence electrons. The molecule has 0 aliphatic carbocycles. The Balaban J connectivity index is 1.99. The first kappa shape index (κ1) is 19.8. The maximum Gasteiger partial charge on any atom is 0.231 e. The highest BCUT2D eigenvalue weighted by molar-refractivity contribution is 6.15. The molecule has 0 atom stereocenters. The van der Waals surface area contributed by atoms with Crippen molar-refractivity contribution in [2.45, 2.75) is 20.4 Å². The number of fused-ring (bicyclic) bond motifs is 1. The lowest BCUT2D eigenvalue weighted by molar-refractivity contribution is -0.910. The van der Waals surface area contributed by atoms with Crippen LogP contribution in [0.1, 0.15) is 35.3 Å². The number of phenolic OH excluding ortho intramolecular Hbond substituents is 1. The molecule has 1 heterocycles. The lowest BCUT2D eigenvalue weighted by Gasteiger charge is -2.17. The predicted octanol–water partition coefficient (Wildman–Crippen LogP) is 2.45. The third-order valence-electron chi connectivity index (χ3n) is 5.07. The molecule has 1 aliphatic rings. The minimum absolute atomic E-state index is 0.147. The predicted molar refractivity (Wildman–Crippen MR) is 106 cm³/mol. The summed E-state index contributed by atoms with van der Waals surface area (Å²) in [6.07, 6.45) is 1.66. The van der Waals surface area contributed by atoms with Crippen LogP contribution in [0.5, 0.6) is 23.0 Å². The number of ketones is 1. The molecule has 0 radical (unpaired) electrons. The Morgan fingerprint density at radius 2 is 1.86 bits per heavy atom. The zero-order valence-electron chi connectivity index (χ0n) is 16.7. The second kappa shape index (κ2) is 8.35. The number of aromatic hydroxyl groups is 1. The first-order valence-electron chi connectivity index (χ1n) is 9.37. The molecule has 0 unspecified atom stereocenters. The fraction of sp³-hybridized carbons (Fsp3) is 0.318. The minimum atomic E-state index is -0.205. The van der Waals surface area contributed by atoms with E-state index in [4.69, 9.17) is 14.2 Å². The minimum Gasteiger partial charge on any atom is -0.507 e. The Morgan fingerprint density at radius 3 is 2.50 bits per heavy atom. The van der Waals surface area contributed by atoms with Crippen molar-refractivity contribution in [3.05, 3.63) is 52.8 Å². The van der Waals surface area contributed by atoms with E-state index in [1.165, 1.54) is 4.90 Å². The van der Waals surface area contributed by atoms with Crippen LogP contribution in [0.3, 0.4) is 0 Å². The Kier molecular flexibility index (Phi) is 5.90. The van der Waals surface area contributed by atoms with Gasteiger partial charge in [0.05, 0.1) is 38.4 Å². The van der Waals surface area contributed by atoms with E-state index in [0.29, 0.717) is 40.5 Å². The summed E-state index contributed by atoms with van der Waals surface area (Å²) in [5.41, 5.74) is 1.84. The van der Waals surface area contributed by atoms with Crippen LogP contribution in [0.15, 0.2) is 36.1 Å². The molecule has 28 heavy (non-hydrogen) atoms. The number of phenols is 1. The fourth-order valence-electron chi connectivity index (χ4n) is 3.30. The van der Waals surface area contributed by atoms with Gasteiger partial charge in [0.15, 0.2) is 11.5 Å². The summed E-state index contributed by atoms with van der Waals surface area (Å²) in [5, 5.41) is 10.4. The number of rotatable bonds is 7. The topological polar surface area (TPSA) is 69.4 Å². The van der Waals surface area contributed by atoms with Crippen molar-refractivity contribution in [3.8, 4) is 23.0 Å². The molecule has 0 bridgehead atoms. The summed E-state index contributed by atoms with van der Waals surface area (Å²) in [4.78, 5) is 14.2. The average Bonchev–Trinajstić information content (AvgIpc) is 3.03. The number of hydrogen-bond acceptors (Lipinski definition) is 5. The second-order valence-corrected chi connectivity index (χ2v) is 6.62. The normalized spacial score (nSPS) is 14.3. The van der Waals surface area contributed by atoms with Crippen LogP contribution in [0, 0.1) is 0 Å². The molecule has 3 rings (SSSR count). The molecule has 2 N–H and O–H groups in total. The summed E-state index contributed by atoms with van der Waals surface area (Å²) in [6.45, 7) is 6.60. The first-order chi connectivity index (χ1) is 13.5. The smallest absolute Gasteiger partial charge is 0.231 e. The highest BCUT2D eigenvalue weighted by atomic mass is 16.5. The van der Waals surface area contributed by atoms with Gasteiger partial charge in [0.2, 0.25) is 5.78 Å². The SMILES string of the molecule is CC[NH+](CC)Cc1c(O)ccc2c1O/C(=C\c1ccc(OC)cc1OC)C2=O. The average molecular weight is 384 g/mol. The van der Waals surface area contributed by atoms with Gasteiger partial charge in [0.1, 0.15) is 23.8 Å². The van der Waals surface area contributed by atoms with E-state index in [1.54, 1.807) is 44.6 Å². The van der Waals surface area contributed by atoms with E-state index in [1.807, 2.05) is 6.07 Å². The Hall–Kier alpha value is -2.99. The molecule has 0 fully saturated rings. The van der Waals surface area contributed by atoms with Crippen molar-refractivity contribution < 1.29 is 29.0 Å². The van der Waals surface area contributed by atoms with Gasteiger partial charge in [-0.05, 0) is 44.2 Å². The van der Waals surface area contributed by atoms with Gasteiger partial charge in [-0.3, -0.25) is 4.79 Å². The van der Waals surface area contributed by atoms with Gasteiger partial charge >= 0.3 is 0 Å². The van der Waals surface area contributed by atoms with Gasteiger partial charge in [-0.1, -0.05) is 0 Å². The number of allylic oxidation sites excluding steroid dienone is 1. The summed E-state index contributed by atoms with van der Waals surface area (Å²) < 4.78 is 16.5. The van der Waals surface area contributed by atoms with Crippen molar-refractivity contribution in [2.24, 2.45) is 0 Å². The van der Waals surface area contributed by atoms with Gasteiger partial charge in [-0.15, -0.1) is 0 Å². The molecule has 2 aromatic carbocycles. The third-order valence-corrected chi connectivity index (χ3v) is 5.07. The number of hydrogen-bond donors (Lipinski definition) is 2. The number of Topliss-reactive ketones (excluding diaryl/α,β-unsaturated/α-hetero) is 1. The highest BCUT2D eigenvalue weighted by Gasteiger charge is 2.32. The lowest BCUT2D eigenvalue weighted by Crippen LogP contribution is -3.10. The summed E-state index contributed by atoms with van der Waals surface area (Å²) in [6, 6.07) is 8.53. The van der Waals surface area contributed by atoms with Crippen LogP contribution in [-0.4, -0.2) is 38.2 Å². The van der Waals surface area contributed by atoms with E-state index in [-0.39, 0.29) is 17.3 Å². The summed E-state index contributed by atoms with van der Waals surface area (Å²) in [7, 11) is 3.14. The Bertz CT molecular complexity index is 915. The molecular weight excluding hydrogens is 358 g/mol. The number of ether oxygens (including phenoxy) is 3. The lowest BCUT2D eigenvalue weighted by atomic mass is 10.0. The highest BCUT2D eigenvalue weighted by Crippen LogP contribution is 2.39. The molecule has 6 heteroatoms. The quantitative estimate of drug-likeness (QED) is 0.718. The van der Waals surface area contributed by atoms with Gasteiger partial charge in [-0.2, -0.15) is 0 Å². The maximum atomic E-state index is 12.9. The fourth-order valence-corrected chi connectivity index (χ4v) is 3.30. The Morgan fingerprint density at radius 1 is 1.11 bits per heavy atom. The van der Waals surface area contributed by atoms with Crippen molar-refractivity contribution in [1.29, 1.82) is 0 Å². The number of quaternary nitrogens is 1. The number of methoxy groups -OCH3 is 2. The van der Waals surface area contributed by atoms with Crippen LogP contribution in [0.2, 0.25) is 0 Å². The summed E-state index contributed by atoms with van der Waals surface area (Å²) in [5.74, 6) is 1.84. The van der Waals surface area contributed by atoms with Gasteiger partial charge in [0, 0.05) is 11.6 Å². The van der Waals surface area contributed by atoms with Crippen molar-refractivity contribution in [2.75, 3.05) is 27.3 Å². The molecule has 0 saturated heterocycles. The molecule has 0 amide bonds. The van der Waals surface area contributed by atoms with E-state index in [0.717, 1.165) is 13.1 Å². The monoisotopic (exact) mass is 384 g/mol. The third kappa shape index (κ3) is 3.68. The maximum absolute atomic E-state index is 12.9. The van der Waals surface area contributed by atoms with Gasteiger partial charge in [0.25, 0.3) is 0 Å². The van der Waals surface area contributed by atoms with E-state index < -0.39 is 0 Å². The number of benzene rings is 2. The molecule has 0 aromatic heterocycles. The van der Waals surface area contributed by atoms with Crippen LogP contribution in [0.4, 0.5) is 0 Å². The summed E-state index contributed by atoms with van der Waals surface area (Å²) >= 11 is 0. The van der Waals surface area contributed by atoms with Crippen LogP contribution < -0.4 is 19.1 Å². The van der Waals surface area contributed by atoms with Gasteiger partial charge < -0.3 is 24.2 Å². The molecule has 1 aliphatic heterocycles. The van der Waals surface area contributed by atoms with E-state index in [2.05, 4.69) is 13.8 Å². The molecule has 0 spiro atoms. The van der Waals surface area contributed by atoms with Crippen molar-refractivity contribution in [3.63, 3.8) is 0 Å². The second-order valence-electron chi connectivity index (χ2n) is 6.62. The molecular formula is C22H26NO5+. The number of carbonyl (C=O) groups excluding carboxylic acids is 1. The van der Waals surface area contributed by atoms with Crippen LogP contribution >= 0.6 is 0 Å². The molecule has 2 aromatic rings. The van der Waals surface area contributed by atoms with Crippen LogP contribution in [0.25, 0.3) is 6.08 Å². The zero-order valence-corrected chi connectivity index (χ0v) is 16.7. The van der Waals surface area contributed by atoms with Gasteiger partial charge in [-0.25, -0.2) is 0 Å². The van der Waals surface area contributed by atoms with E-state index >= 15 is 0 Å². The number of carbonyl (C=O) groups is 1. The molecule has 6 nitrogen and oxygen atoms in total. The van der Waals surface area contributed by atoms with Crippen molar-refractivity contribution >= 4 is 11.9 Å². The first-order valence-corrected chi connectivity index (χ1v) is 9.37. The van der Waals surface area contributed by atoms with Crippen molar-refractivity contribution in [1.82, 2.24) is 0 Å². The van der Waals surface area contributed by atoms with E-state index in [9.17, 15) is 9.90 Å².